The molecular weight excluding hydrogens is 481 g/mol. The summed E-state index contributed by atoms with van der Waals surface area (Å²) < 4.78 is 19.1. The number of aromatic nitrogens is 3. The van der Waals surface area contributed by atoms with E-state index in [2.05, 4.69) is 36.1 Å². The van der Waals surface area contributed by atoms with Crippen LogP contribution < -0.4 is 20.8 Å². The summed E-state index contributed by atoms with van der Waals surface area (Å²) in [5, 5.41) is 10.7. The maximum absolute atomic E-state index is 13.2. The van der Waals surface area contributed by atoms with E-state index in [1.165, 1.54) is 12.1 Å². The van der Waals surface area contributed by atoms with Crippen LogP contribution in [0.4, 0.5) is 33.6 Å². The summed E-state index contributed by atoms with van der Waals surface area (Å²) >= 11 is 0. The Labute approximate surface area is 219 Å². The van der Waals surface area contributed by atoms with Gasteiger partial charge in [-0.1, -0.05) is 60.7 Å². The van der Waals surface area contributed by atoms with Crippen LogP contribution in [-0.2, 0) is 6.61 Å². The summed E-state index contributed by atoms with van der Waals surface area (Å²) in [6.07, 6.45) is 1.62. The number of benzene rings is 4. The van der Waals surface area contributed by atoms with Gasteiger partial charge in [-0.3, -0.25) is 0 Å². The van der Waals surface area contributed by atoms with Crippen molar-refractivity contribution >= 4 is 35.4 Å². The summed E-state index contributed by atoms with van der Waals surface area (Å²) in [6.45, 7) is 0.301. The maximum Gasteiger partial charge on any atom is 0.250 e. The normalized spacial score (nSPS) is 10.8. The Morgan fingerprint density at radius 1 is 0.658 bits per heavy atom. The molecule has 38 heavy (non-hydrogen) atoms. The zero-order chi connectivity index (χ0) is 26.0. The molecule has 0 saturated heterocycles. The quantitative estimate of drug-likeness (QED) is 0.147. The Morgan fingerprint density at radius 2 is 1.21 bits per heavy atom. The predicted octanol–water partition coefficient (Wildman–Crippen LogP) is 6.52. The Balaban J connectivity index is 1.32. The van der Waals surface area contributed by atoms with Crippen LogP contribution in [-0.4, -0.2) is 21.2 Å². The van der Waals surface area contributed by atoms with Crippen molar-refractivity contribution in [3.63, 3.8) is 0 Å². The van der Waals surface area contributed by atoms with Crippen LogP contribution >= 0.6 is 0 Å². The molecule has 5 rings (SSSR count). The van der Waals surface area contributed by atoms with Crippen LogP contribution in [0, 0.1) is 5.82 Å². The van der Waals surface area contributed by atoms with E-state index in [1.807, 2.05) is 84.9 Å². The third kappa shape index (κ3) is 6.88. The van der Waals surface area contributed by atoms with Crippen molar-refractivity contribution in [2.75, 3.05) is 16.1 Å². The summed E-state index contributed by atoms with van der Waals surface area (Å²) in [4.78, 5) is 13.4. The lowest BCUT2D eigenvalue weighted by Gasteiger charge is -2.10. The van der Waals surface area contributed by atoms with E-state index in [0.29, 0.717) is 24.3 Å². The fourth-order valence-electron chi connectivity index (χ4n) is 3.46. The van der Waals surface area contributed by atoms with E-state index in [-0.39, 0.29) is 11.8 Å². The molecule has 4 aromatic carbocycles. The lowest BCUT2D eigenvalue weighted by Crippen LogP contribution is -2.07. The van der Waals surface area contributed by atoms with Gasteiger partial charge in [-0.05, 0) is 54.1 Å². The van der Waals surface area contributed by atoms with Crippen LogP contribution in [0.15, 0.2) is 114 Å². The first kappa shape index (κ1) is 24.4. The standard InChI is InChI=1S/C29H24FN7O/c30-23-17-15-21(16-18-23)20-38-26-14-8-7-9-22(26)19-31-37-29-35-27(32-24-10-3-1-4-11-24)34-28(36-29)33-25-12-5-2-6-13-25/h1-19H,20H2,(H3,32,33,34,35,36,37)/b31-19-. The third-order valence-electron chi connectivity index (χ3n) is 5.29. The second kappa shape index (κ2) is 12.1. The van der Waals surface area contributed by atoms with E-state index in [9.17, 15) is 4.39 Å². The first-order valence-electron chi connectivity index (χ1n) is 11.9. The van der Waals surface area contributed by atoms with E-state index >= 15 is 0 Å². The number of halogens is 1. The van der Waals surface area contributed by atoms with Crippen molar-refractivity contribution in [1.82, 2.24) is 15.0 Å². The van der Waals surface area contributed by atoms with Crippen LogP contribution in [0.5, 0.6) is 5.75 Å². The van der Waals surface area contributed by atoms with Gasteiger partial charge in [0.2, 0.25) is 17.8 Å². The Morgan fingerprint density at radius 3 is 1.84 bits per heavy atom. The molecule has 5 aromatic rings. The molecule has 0 spiro atoms. The smallest absolute Gasteiger partial charge is 0.250 e. The molecule has 0 aliphatic rings. The largest absolute Gasteiger partial charge is 0.488 e. The molecule has 1 aromatic heterocycles. The number of rotatable bonds is 10. The summed E-state index contributed by atoms with van der Waals surface area (Å²) in [6, 6.07) is 32.9. The Kier molecular flexibility index (Phi) is 7.76. The monoisotopic (exact) mass is 505 g/mol. The predicted molar refractivity (Wildman–Crippen MR) is 148 cm³/mol. The van der Waals surface area contributed by atoms with Gasteiger partial charge in [0, 0.05) is 16.9 Å². The maximum atomic E-state index is 13.2. The van der Waals surface area contributed by atoms with Crippen molar-refractivity contribution in [2.24, 2.45) is 5.10 Å². The molecule has 0 unspecified atom stereocenters. The average Bonchev–Trinajstić information content (AvgIpc) is 2.94. The van der Waals surface area contributed by atoms with Crippen molar-refractivity contribution in [3.8, 4) is 5.75 Å². The van der Waals surface area contributed by atoms with Crippen LogP contribution in [0.1, 0.15) is 11.1 Å². The highest BCUT2D eigenvalue weighted by atomic mass is 19.1. The molecule has 0 atom stereocenters. The molecule has 188 valence electrons. The van der Waals surface area contributed by atoms with Gasteiger partial charge >= 0.3 is 0 Å². The van der Waals surface area contributed by atoms with E-state index in [0.717, 1.165) is 22.5 Å². The molecule has 8 nitrogen and oxygen atoms in total. The Bertz CT molecular complexity index is 1440. The second-order valence-electron chi connectivity index (χ2n) is 8.11. The fraction of sp³-hybridized carbons (Fsp3) is 0.0345. The van der Waals surface area contributed by atoms with Crippen LogP contribution in [0.2, 0.25) is 0 Å². The van der Waals surface area contributed by atoms with Crippen LogP contribution in [0.3, 0.4) is 0 Å². The molecule has 0 bridgehead atoms. The van der Waals surface area contributed by atoms with Gasteiger partial charge in [0.15, 0.2) is 0 Å². The van der Waals surface area contributed by atoms with E-state index < -0.39 is 0 Å². The first-order chi connectivity index (χ1) is 18.7. The van der Waals surface area contributed by atoms with E-state index in [4.69, 9.17) is 4.74 Å². The van der Waals surface area contributed by atoms with Crippen molar-refractivity contribution in [3.05, 3.63) is 126 Å². The topological polar surface area (TPSA) is 96.4 Å². The third-order valence-corrected chi connectivity index (χ3v) is 5.29. The summed E-state index contributed by atoms with van der Waals surface area (Å²) in [5.74, 6) is 1.30. The number of para-hydroxylation sites is 3. The number of nitrogens with zero attached hydrogens (tertiary/aromatic N) is 4. The minimum Gasteiger partial charge on any atom is -0.488 e. The molecule has 0 fully saturated rings. The van der Waals surface area contributed by atoms with Gasteiger partial charge in [-0.2, -0.15) is 20.1 Å². The molecule has 0 saturated carbocycles. The molecular formula is C29H24FN7O. The van der Waals surface area contributed by atoms with Gasteiger partial charge in [-0.25, -0.2) is 9.82 Å². The van der Waals surface area contributed by atoms with Crippen molar-refractivity contribution in [2.45, 2.75) is 6.61 Å². The number of hydrazone groups is 1. The Hall–Kier alpha value is -5.31. The molecule has 9 heteroatoms. The van der Waals surface area contributed by atoms with Crippen LogP contribution in [0.25, 0.3) is 0 Å². The minimum atomic E-state index is -0.282. The van der Waals surface area contributed by atoms with E-state index in [1.54, 1.807) is 18.3 Å². The summed E-state index contributed by atoms with van der Waals surface area (Å²) in [7, 11) is 0. The SMILES string of the molecule is Fc1ccc(COc2ccccc2/C=N\Nc2nc(Nc3ccccc3)nc(Nc3ccccc3)n2)cc1. The zero-order valence-corrected chi connectivity index (χ0v) is 20.3. The number of hydrogen-bond donors (Lipinski definition) is 3. The number of anilines is 5. The average molecular weight is 506 g/mol. The highest BCUT2D eigenvalue weighted by molar-refractivity contribution is 5.83. The van der Waals surface area contributed by atoms with Gasteiger partial charge in [0.1, 0.15) is 18.2 Å². The van der Waals surface area contributed by atoms with Crippen molar-refractivity contribution < 1.29 is 9.13 Å². The lowest BCUT2D eigenvalue weighted by atomic mass is 10.2. The number of nitrogens with one attached hydrogen (secondary N) is 3. The minimum absolute atomic E-state index is 0.248. The summed E-state index contributed by atoms with van der Waals surface area (Å²) in [5.41, 5.74) is 6.17. The highest BCUT2D eigenvalue weighted by Gasteiger charge is 2.08. The van der Waals surface area contributed by atoms with Crippen molar-refractivity contribution in [1.29, 1.82) is 0 Å². The molecule has 1 heterocycles. The number of ether oxygens (including phenoxy) is 1. The lowest BCUT2D eigenvalue weighted by molar-refractivity contribution is 0.305. The highest BCUT2D eigenvalue weighted by Crippen LogP contribution is 2.20. The molecule has 3 N–H and O–H groups in total. The van der Waals surface area contributed by atoms with Gasteiger partial charge in [0.25, 0.3) is 0 Å². The molecule has 0 radical (unpaired) electrons. The zero-order valence-electron chi connectivity index (χ0n) is 20.3. The molecule has 0 aliphatic heterocycles. The molecule has 0 amide bonds. The number of hydrogen-bond acceptors (Lipinski definition) is 8. The molecule has 0 aliphatic carbocycles. The fourth-order valence-corrected chi connectivity index (χ4v) is 3.46. The van der Waals surface area contributed by atoms with Gasteiger partial charge < -0.3 is 15.4 Å². The van der Waals surface area contributed by atoms with Gasteiger partial charge in [0.05, 0.1) is 6.21 Å². The second-order valence-corrected chi connectivity index (χ2v) is 8.11. The van der Waals surface area contributed by atoms with Gasteiger partial charge in [-0.15, -0.1) is 0 Å². The first-order valence-corrected chi connectivity index (χ1v) is 11.9.